The van der Waals surface area contributed by atoms with Crippen molar-refractivity contribution >= 4 is 49.6 Å². The van der Waals surface area contributed by atoms with E-state index in [0.29, 0.717) is 0 Å². The lowest BCUT2D eigenvalue weighted by Gasteiger charge is -1.70. The van der Waals surface area contributed by atoms with Gasteiger partial charge in [-0.2, -0.15) is 0 Å². The van der Waals surface area contributed by atoms with Gasteiger partial charge in [-0.1, -0.05) is 6.07 Å². The van der Waals surface area contributed by atoms with E-state index in [1.54, 1.807) is 12.4 Å². The Bertz CT molecular complexity index is 93.4. The first-order valence-electron chi connectivity index (χ1n) is 1.85. The number of hydrogen-bond donors (Lipinski definition) is 0. The molecule has 12 heavy (non-hydrogen) atoms. The second kappa shape index (κ2) is 30.3. The lowest BCUT2D eigenvalue weighted by atomic mass is 10.5. The van der Waals surface area contributed by atoms with E-state index in [0.717, 1.165) is 0 Å². The first kappa shape index (κ1) is 39.7. The summed E-state index contributed by atoms with van der Waals surface area (Å²) in [7, 11) is 0. The van der Waals surface area contributed by atoms with Crippen molar-refractivity contribution in [1.82, 2.24) is 4.98 Å². The molecule has 0 saturated heterocycles. The first-order valence-corrected chi connectivity index (χ1v) is 1.85. The van der Waals surface area contributed by atoms with Gasteiger partial charge in [-0.15, -0.1) is 49.6 Å². The average Bonchev–Trinajstić information content (AvgIpc) is 1.72. The molecule has 0 fully saturated rings. The van der Waals surface area contributed by atoms with Crippen LogP contribution in [-0.2, 0) is 0 Å². The molecule has 7 heteroatoms. The predicted octanol–water partition coefficient (Wildman–Crippen LogP) is 1.12. The van der Waals surface area contributed by atoms with Gasteiger partial charge in [0.25, 0.3) is 0 Å². The maximum absolute atomic E-state index is 3.78. The van der Waals surface area contributed by atoms with Crippen LogP contribution in [0.15, 0.2) is 30.6 Å². The third kappa shape index (κ3) is 22.5. The fourth-order valence-corrected chi connectivity index (χ4v) is 0.313. The second-order valence-corrected chi connectivity index (χ2v) is 1.02. The quantitative estimate of drug-likeness (QED) is 0.689. The molecule has 0 saturated carbocycles. The number of hydrogen-bond acceptors (Lipinski definition) is 1. The summed E-state index contributed by atoms with van der Waals surface area (Å²) in [6, 6.07) is 5.72. The van der Waals surface area contributed by atoms with Gasteiger partial charge < -0.3 is 11.0 Å². The Kier molecular flexibility index (Phi) is 100. The van der Waals surface area contributed by atoms with E-state index in [1.165, 1.54) is 0 Å². The van der Waals surface area contributed by atoms with Crippen LogP contribution in [0.5, 0.6) is 0 Å². The monoisotopic (exact) mass is 259 g/mol. The van der Waals surface area contributed by atoms with Crippen LogP contribution in [0.1, 0.15) is 0 Å². The van der Waals surface area contributed by atoms with Crippen LogP contribution in [0, 0.1) is 0 Å². The molecule has 1 heterocycles. The minimum Gasteiger partial charge on any atom is -0.412 e. The molecular weight excluding hydrogens is 248 g/mol. The molecular formula is C5H13Cl4NO2. The van der Waals surface area contributed by atoms with E-state index in [4.69, 9.17) is 0 Å². The summed E-state index contributed by atoms with van der Waals surface area (Å²) in [5, 5.41) is 0. The minimum atomic E-state index is 0. The van der Waals surface area contributed by atoms with Crippen molar-refractivity contribution in [3.8, 4) is 0 Å². The maximum atomic E-state index is 3.78. The number of rotatable bonds is 0. The van der Waals surface area contributed by atoms with Crippen LogP contribution in [-0.4, -0.2) is 15.9 Å². The molecule has 78 valence electrons. The van der Waals surface area contributed by atoms with Crippen LogP contribution in [0.4, 0.5) is 0 Å². The molecule has 1 aromatic rings. The van der Waals surface area contributed by atoms with Crippen molar-refractivity contribution in [2.45, 2.75) is 0 Å². The normalized spacial score (nSPS) is 4.00. The van der Waals surface area contributed by atoms with Gasteiger partial charge >= 0.3 is 0 Å². The molecule has 0 spiro atoms. The topological polar surface area (TPSA) is 75.9 Å². The average molecular weight is 261 g/mol. The van der Waals surface area contributed by atoms with E-state index >= 15 is 0 Å². The SMILES string of the molecule is Cl.Cl.Cl.Cl.O.O.c1ccncc1. The Labute approximate surface area is 96.2 Å². The van der Waals surface area contributed by atoms with Crippen LogP contribution < -0.4 is 0 Å². The van der Waals surface area contributed by atoms with E-state index in [9.17, 15) is 0 Å². The predicted molar refractivity (Wildman–Crippen MR) is 60.5 cm³/mol. The van der Waals surface area contributed by atoms with Crippen LogP contribution >= 0.6 is 49.6 Å². The smallest absolute Gasteiger partial charge is 0.0267 e. The van der Waals surface area contributed by atoms with Gasteiger partial charge in [0.05, 0.1) is 0 Å². The van der Waals surface area contributed by atoms with Gasteiger partial charge in [0.2, 0.25) is 0 Å². The van der Waals surface area contributed by atoms with E-state index in [2.05, 4.69) is 4.98 Å². The highest BCUT2D eigenvalue weighted by Crippen LogP contribution is 1.73. The standard InChI is InChI=1S/C5H5N.4ClH.2H2O/c1-2-4-6-5-3-1;;;;;;/h1-5H;4*1H;2*1H2. The molecule has 0 bridgehead atoms. The molecule has 3 nitrogen and oxygen atoms in total. The molecule has 0 amide bonds. The molecule has 1 aromatic heterocycles. The van der Waals surface area contributed by atoms with Gasteiger partial charge in [-0.05, 0) is 12.1 Å². The molecule has 0 aliphatic carbocycles. The van der Waals surface area contributed by atoms with Crippen molar-refractivity contribution < 1.29 is 11.0 Å². The summed E-state index contributed by atoms with van der Waals surface area (Å²) in [6.45, 7) is 0. The van der Waals surface area contributed by atoms with Gasteiger partial charge in [0, 0.05) is 12.4 Å². The van der Waals surface area contributed by atoms with Gasteiger partial charge in [-0.25, -0.2) is 0 Å². The zero-order valence-corrected chi connectivity index (χ0v) is 9.23. The summed E-state index contributed by atoms with van der Waals surface area (Å²) < 4.78 is 0. The van der Waals surface area contributed by atoms with E-state index < -0.39 is 0 Å². The fourth-order valence-electron chi connectivity index (χ4n) is 0.313. The fraction of sp³-hybridized carbons (Fsp3) is 0. The lowest BCUT2D eigenvalue weighted by Crippen LogP contribution is -1.58. The highest BCUT2D eigenvalue weighted by molar-refractivity contribution is 5.86. The van der Waals surface area contributed by atoms with Gasteiger partial charge in [-0.3, -0.25) is 4.98 Å². The van der Waals surface area contributed by atoms with Crippen LogP contribution in [0.2, 0.25) is 0 Å². The lowest BCUT2D eigenvalue weighted by molar-refractivity contribution is 0.823. The maximum Gasteiger partial charge on any atom is 0.0267 e. The Morgan fingerprint density at radius 2 is 0.917 bits per heavy atom. The molecule has 0 aliphatic heterocycles. The molecule has 0 aromatic carbocycles. The molecule has 4 N–H and O–H groups in total. The number of nitrogens with zero attached hydrogens (tertiary/aromatic N) is 1. The summed E-state index contributed by atoms with van der Waals surface area (Å²) in [5.41, 5.74) is 0. The van der Waals surface area contributed by atoms with Crippen LogP contribution in [0.3, 0.4) is 0 Å². The Hall–Kier alpha value is 0.230. The minimum absolute atomic E-state index is 0. The zero-order chi connectivity index (χ0) is 4.24. The Morgan fingerprint density at radius 3 is 1.00 bits per heavy atom. The number of aromatic nitrogens is 1. The summed E-state index contributed by atoms with van der Waals surface area (Å²) in [4.78, 5) is 3.78. The summed E-state index contributed by atoms with van der Waals surface area (Å²) >= 11 is 0. The second-order valence-electron chi connectivity index (χ2n) is 1.02. The molecule has 1 rings (SSSR count). The molecule has 0 radical (unpaired) electrons. The molecule has 0 unspecified atom stereocenters. The van der Waals surface area contributed by atoms with E-state index in [1.807, 2.05) is 18.2 Å². The number of halogens is 4. The summed E-state index contributed by atoms with van der Waals surface area (Å²) in [5.74, 6) is 0. The Balaban J connectivity index is -0.0000000150. The zero-order valence-electron chi connectivity index (χ0n) is 5.97. The third-order valence-corrected chi connectivity index (χ3v) is 0.566. The summed E-state index contributed by atoms with van der Waals surface area (Å²) in [6.07, 6.45) is 3.50. The van der Waals surface area contributed by atoms with Gasteiger partial charge in [0.1, 0.15) is 0 Å². The number of pyridine rings is 1. The highest BCUT2D eigenvalue weighted by Gasteiger charge is 1.58. The van der Waals surface area contributed by atoms with Gasteiger partial charge in [0.15, 0.2) is 0 Å². The van der Waals surface area contributed by atoms with Crippen molar-refractivity contribution in [2.24, 2.45) is 0 Å². The van der Waals surface area contributed by atoms with Crippen molar-refractivity contribution in [3.63, 3.8) is 0 Å². The van der Waals surface area contributed by atoms with Crippen LogP contribution in [0.25, 0.3) is 0 Å². The first-order chi connectivity index (χ1) is 3.00. The highest BCUT2D eigenvalue weighted by atomic mass is 35.5. The third-order valence-electron chi connectivity index (χ3n) is 0.566. The molecule has 0 aliphatic rings. The van der Waals surface area contributed by atoms with Crippen molar-refractivity contribution in [1.29, 1.82) is 0 Å². The Morgan fingerprint density at radius 1 is 0.583 bits per heavy atom. The van der Waals surface area contributed by atoms with E-state index in [-0.39, 0.29) is 60.6 Å². The largest absolute Gasteiger partial charge is 0.412 e. The molecule has 0 atom stereocenters. The van der Waals surface area contributed by atoms with Crippen molar-refractivity contribution in [2.75, 3.05) is 0 Å². The van der Waals surface area contributed by atoms with Crippen molar-refractivity contribution in [3.05, 3.63) is 30.6 Å².